The summed E-state index contributed by atoms with van der Waals surface area (Å²) in [5.41, 5.74) is 6.16. The third kappa shape index (κ3) is 4.83. The quantitative estimate of drug-likeness (QED) is 0.584. The smallest absolute Gasteiger partial charge is 0.343 e. The van der Waals surface area contributed by atoms with E-state index < -0.39 is 6.03 Å². The molecule has 0 radical (unpaired) electrons. The first-order valence-corrected chi connectivity index (χ1v) is 8.85. The fraction of sp³-hybridized carbons (Fsp3) is 0.263. The number of benzene rings is 1. The van der Waals surface area contributed by atoms with Crippen LogP contribution in [0.15, 0.2) is 57.6 Å². The number of amides is 2. The minimum atomic E-state index is -0.556. The number of hydrogen-bond donors (Lipinski definition) is 2. The van der Waals surface area contributed by atoms with Gasteiger partial charge in [-0.05, 0) is 62.4 Å². The third-order valence-corrected chi connectivity index (χ3v) is 4.58. The van der Waals surface area contributed by atoms with Crippen LogP contribution in [0.25, 0.3) is 11.5 Å². The Morgan fingerprint density at radius 2 is 2.07 bits per heavy atom. The summed E-state index contributed by atoms with van der Waals surface area (Å²) in [6.07, 6.45) is 3.80. The lowest BCUT2D eigenvalue weighted by atomic mass is 9.85. The van der Waals surface area contributed by atoms with E-state index in [-0.39, 0.29) is 11.9 Å². The van der Waals surface area contributed by atoms with Crippen molar-refractivity contribution >= 4 is 29.4 Å². The van der Waals surface area contributed by atoms with E-state index in [1.54, 1.807) is 24.3 Å². The Bertz CT molecular complexity index is 914. The number of carbonyl (C=O) groups is 1. The van der Waals surface area contributed by atoms with Crippen molar-refractivity contribution in [3.8, 4) is 11.5 Å². The Morgan fingerprint density at radius 3 is 2.78 bits per heavy atom. The maximum absolute atomic E-state index is 12.1. The minimum Gasteiger partial charge on any atom is -0.403 e. The second-order valence-corrected chi connectivity index (χ2v) is 6.85. The van der Waals surface area contributed by atoms with Crippen LogP contribution in [0.1, 0.15) is 26.7 Å². The van der Waals surface area contributed by atoms with Crippen LogP contribution in [-0.4, -0.2) is 21.9 Å². The molecule has 0 fully saturated rings. The summed E-state index contributed by atoms with van der Waals surface area (Å²) in [5.74, 6) is 0.624. The van der Waals surface area contributed by atoms with E-state index in [0.717, 1.165) is 29.7 Å². The summed E-state index contributed by atoms with van der Waals surface area (Å²) in [5, 5.41) is 15.0. The molecule has 1 atom stereocenters. The number of nitrogens with zero attached hydrogens (tertiary/aromatic N) is 3. The summed E-state index contributed by atoms with van der Waals surface area (Å²) >= 11 is 5.86. The number of carbonyl (C=O) groups excluding carboxylic acids is 1. The molecule has 2 N–H and O–H groups in total. The van der Waals surface area contributed by atoms with Crippen LogP contribution in [0.4, 0.5) is 10.8 Å². The maximum Gasteiger partial charge on any atom is 0.343 e. The van der Waals surface area contributed by atoms with Crippen molar-refractivity contribution in [2.75, 3.05) is 5.32 Å². The first-order valence-electron chi connectivity index (χ1n) is 8.48. The number of hydrogen-bond acceptors (Lipinski definition) is 5. The number of allylic oxidation sites excluding steroid dienone is 3. The number of aromatic nitrogens is 2. The number of nitrogens with one attached hydrogen (secondary N) is 2. The molecule has 1 unspecified atom stereocenters. The highest BCUT2D eigenvalue weighted by Crippen LogP contribution is 2.26. The number of anilines is 1. The molecule has 1 aromatic carbocycles. The second kappa shape index (κ2) is 8.18. The van der Waals surface area contributed by atoms with Gasteiger partial charge in [0, 0.05) is 10.6 Å². The molecule has 140 valence electrons. The highest BCUT2D eigenvalue weighted by Gasteiger charge is 2.19. The molecular formula is C19H20ClN5O2. The van der Waals surface area contributed by atoms with E-state index in [2.05, 4.69) is 38.7 Å². The van der Waals surface area contributed by atoms with Crippen molar-refractivity contribution in [1.82, 2.24) is 15.6 Å². The first kappa shape index (κ1) is 18.8. The Morgan fingerprint density at radius 1 is 1.33 bits per heavy atom. The molecule has 1 aliphatic carbocycles. The van der Waals surface area contributed by atoms with Gasteiger partial charge in [-0.1, -0.05) is 34.9 Å². The average Bonchev–Trinajstić information content (AvgIpc) is 3.09. The maximum atomic E-state index is 12.1. The molecule has 7 nitrogen and oxygen atoms in total. The zero-order chi connectivity index (χ0) is 19.4. The average molecular weight is 386 g/mol. The number of urea groups is 1. The molecule has 27 heavy (non-hydrogen) atoms. The molecule has 3 rings (SSSR count). The van der Waals surface area contributed by atoms with Crippen LogP contribution in [0, 0.1) is 5.92 Å². The highest BCUT2D eigenvalue weighted by atomic mass is 35.5. The lowest BCUT2D eigenvalue weighted by Crippen LogP contribution is -2.27. The molecule has 0 bridgehead atoms. The number of rotatable bonds is 4. The van der Waals surface area contributed by atoms with Crippen molar-refractivity contribution in [3.63, 3.8) is 0 Å². The van der Waals surface area contributed by atoms with Crippen molar-refractivity contribution in [2.45, 2.75) is 26.7 Å². The van der Waals surface area contributed by atoms with Crippen LogP contribution in [0.5, 0.6) is 0 Å². The highest BCUT2D eigenvalue weighted by molar-refractivity contribution is 6.30. The van der Waals surface area contributed by atoms with E-state index in [1.807, 2.05) is 13.8 Å². The molecule has 0 aliphatic heterocycles. The topological polar surface area (TPSA) is 92.4 Å². The van der Waals surface area contributed by atoms with Crippen molar-refractivity contribution in [2.24, 2.45) is 11.0 Å². The summed E-state index contributed by atoms with van der Waals surface area (Å²) in [7, 11) is 0. The van der Waals surface area contributed by atoms with Crippen LogP contribution in [0.2, 0.25) is 5.02 Å². The van der Waals surface area contributed by atoms with Gasteiger partial charge in [0.25, 0.3) is 0 Å². The lowest BCUT2D eigenvalue weighted by Gasteiger charge is -2.22. The van der Waals surface area contributed by atoms with Crippen LogP contribution in [-0.2, 0) is 0 Å². The fourth-order valence-electron chi connectivity index (χ4n) is 2.65. The summed E-state index contributed by atoms with van der Waals surface area (Å²) in [4.78, 5) is 12.1. The summed E-state index contributed by atoms with van der Waals surface area (Å²) < 4.78 is 5.43. The molecule has 0 saturated carbocycles. The molecule has 8 heteroatoms. The summed E-state index contributed by atoms with van der Waals surface area (Å²) in [6, 6.07) is 6.36. The molecule has 0 spiro atoms. The SMILES string of the molecule is C=C(C)C1CC=C(C)/C(=N/NC(=O)Nc2nnc(-c3ccc(Cl)cc3)o2)C1. The van der Waals surface area contributed by atoms with Gasteiger partial charge in [-0.25, -0.2) is 10.2 Å². The Hall–Kier alpha value is -2.93. The Balaban J connectivity index is 1.61. The third-order valence-electron chi connectivity index (χ3n) is 4.33. The minimum absolute atomic E-state index is 0.0200. The van der Waals surface area contributed by atoms with Crippen molar-refractivity contribution < 1.29 is 9.21 Å². The van der Waals surface area contributed by atoms with Crippen molar-refractivity contribution in [1.29, 1.82) is 0 Å². The van der Waals surface area contributed by atoms with E-state index >= 15 is 0 Å². The normalized spacial score (nSPS) is 18.1. The Kier molecular flexibility index (Phi) is 5.71. The zero-order valence-corrected chi connectivity index (χ0v) is 15.9. The van der Waals surface area contributed by atoms with Gasteiger partial charge in [0.05, 0.1) is 5.71 Å². The molecule has 0 saturated heterocycles. The van der Waals surface area contributed by atoms with Crippen LogP contribution in [0.3, 0.4) is 0 Å². The van der Waals surface area contributed by atoms with E-state index in [0.29, 0.717) is 16.5 Å². The summed E-state index contributed by atoms with van der Waals surface area (Å²) in [6.45, 7) is 7.98. The molecule has 2 aromatic rings. The molecule has 1 aromatic heterocycles. The van der Waals surface area contributed by atoms with E-state index in [4.69, 9.17) is 16.0 Å². The predicted octanol–water partition coefficient (Wildman–Crippen LogP) is 4.80. The monoisotopic (exact) mass is 385 g/mol. The standard InChI is InChI=1S/C19H20ClN5O2/c1-11(2)14-5-4-12(3)16(10-14)22-24-18(26)21-19-25-23-17(27-19)13-6-8-15(20)9-7-13/h4,6-9,14H,1,5,10H2,2-3H3,(H2,21,24,25,26)/b22-16+. The number of halogens is 1. The van der Waals surface area contributed by atoms with Gasteiger partial charge in [-0.15, -0.1) is 5.10 Å². The first-order chi connectivity index (χ1) is 12.9. The lowest BCUT2D eigenvalue weighted by molar-refractivity contribution is 0.252. The Labute approximate surface area is 162 Å². The van der Waals surface area contributed by atoms with Gasteiger partial charge in [-0.2, -0.15) is 5.10 Å². The van der Waals surface area contributed by atoms with E-state index in [1.165, 1.54) is 0 Å². The largest absolute Gasteiger partial charge is 0.403 e. The predicted molar refractivity (Wildman–Crippen MR) is 106 cm³/mol. The number of hydrazone groups is 1. The van der Waals surface area contributed by atoms with Gasteiger partial charge in [0.15, 0.2) is 0 Å². The molecule has 1 heterocycles. The molecular weight excluding hydrogens is 366 g/mol. The van der Waals surface area contributed by atoms with Gasteiger partial charge in [0.1, 0.15) is 0 Å². The fourth-order valence-corrected chi connectivity index (χ4v) is 2.78. The van der Waals surface area contributed by atoms with Crippen LogP contribution < -0.4 is 10.7 Å². The second-order valence-electron chi connectivity index (χ2n) is 6.41. The van der Waals surface area contributed by atoms with Gasteiger partial charge >= 0.3 is 12.0 Å². The van der Waals surface area contributed by atoms with E-state index in [9.17, 15) is 4.79 Å². The zero-order valence-electron chi connectivity index (χ0n) is 15.1. The molecule has 1 aliphatic rings. The van der Waals surface area contributed by atoms with Crippen LogP contribution >= 0.6 is 11.6 Å². The van der Waals surface area contributed by atoms with Gasteiger partial charge in [-0.3, -0.25) is 5.32 Å². The molecule has 2 amide bonds. The van der Waals surface area contributed by atoms with Gasteiger partial charge in [0.2, 0.25) is 5.89 Å². The van der Waals surface area contributed by atoms with Gasteiger partial charge < -0.3 is 4.42 Å². The van der Waals surface area contributed by atoms with Crippen molar-refractivity contribution in [3.05, 3.63) is 53.1 Å².